The summed E-state index contributed by atoms with van der Waals surface area (Å²) in [6.45, 7) is 0.825. The molecule has 0 saturated carbocycles. The van der Waals surface area contributed by atoms with Gasteiger partial charge in [0, 0.05) is 26.2 Å². The van der Waals surface area contributed by atoms with Crippen molar-refractivity contribution in [2.24, 2.45) is 5.73 Å². The largest absolute Gasteiger partial charge is 0.493 e. The van der Waals surface area contributed by atoms with Gasteiger partial charge in [-0.15, -0.1) is 0 Å². The molecule has 2 N–H and O–H groups in total. The molecular weight excluding hydrogens is 204 g/mol. The Kier molecular flexibility index (Phi) is 4.79. The number of rotatable bonds is 5. The first-order chi connectivity index (χ1) is 7.65. The van der Waals surface area contributed by atoms with Crippen LogP contribution >= 0.6 is 0 Å². The van der Waals surface area contributed by atoms with Crippen molar-refractivity contribution in [1.82, 2.24) is 4.90 Å². The van der Waals surface area contributed by atoms with Crippen LogP contribution in [0, 0.1) is 0 Å². The van der Waals surface area contributed by atoms with Gasteiger partial charge >= 0.3 is 0 Å². The first-order valence-electron chi connectivity index (χ1n) is 5.26. The molecule has 0 spiro atoms. The van der Waals surface area contributed by atoms with Crippen molar-refractivity contribution in [2.45, 2.75) is 13.0 Å². The molecule has 0 saturated heterocycles. The molecule has 0 aliphatic rings. The minimum Gasteiger partial charge on any atom is -0.493 e. The van der Waals surface area contributed by atoms with Gasteiger partial charge in [0.25, 0.3) is 0 Å². The molecular formula is C12H18N2O2. The Morgan fingerprint density at radius 2 is 2.06 bits per heavy atom. The highest BCUT2D eigenvalue weighted by Gasteiger charge is 2.05. The second-order valence-corrected chi connectivity index (χ2v) is 3.70. The van der Waals surface area contributed by atoms with Crippen LogP contribution in [-0.2, 0) is 11.3 Å². The van der Waals surface area contributed by atoms with E-state index in [1.54, 1.807) is 19.0 Å². The summed E-state index contributed by atoms with van der Waals surface area (Å²) >= 11 is 0. The molecule has 0 aliphatic heterocycles. The Hall–Kier alpha value is -1.55. The smallest absolute Gasteiger partial charge is 0.225 e. The summed E-state index contributed by atoms with van der Waals surface area (Å²) in [5.74, 6) is 0.821. The quantitative estimate of drug-likeness (QED) is 0.808. The molecule has 0 aromatic heterocycles. The van der Waals surface area contributed by atoms with Gasteiger partial charge in [-0.25, -0.2) is 0 Å². The molecule has 0 radical (unpaired) electrons. The Morgan fingerprint density at radius 1 is 1.38 bits per heavy atom. The van der Waals surface area contributed by atoms with Gasteiger partial charge < -0.3 is 15.4 Å². The topological polar surface area (TPSA) is 55.6 Å². The third kappa shape index (κ3) is 3.55. The molecule has 0 unspecified atom stereocenters. The predicted molar refractivity (Wildman–Crippen MR) is 63.1 cm³/mol. The van der Waals surface area contributed by atoms with Crippen LogP contribution in [0.25, 0.3) is 0 Å². The third-order valence-corrected chi connectivity index (χ3v) is 2.26. The maximum atomic E-state index is 11.3. The standard InChI is InChI=1S/C12H18N2O2/c1-14(2)12(15)7-8-16-11-6-4-3-5-10(11)9-13/h3-6H,7-9,13H2,1-2H3. The lowest BCUT2D eigenvalue weighted by molar-refractivity contribution is -0.129. The van der Waals surface area contributed by atoms with E-state index in [2.05, 4.69) is 0 Å². The summed E-state index contributed by atoms with van der Waals surface area (Å²) in [4.78, 5) is 12.9. The molecule has 4 nitrogen and oxygen atoms in total. The number of nitrogens with zero attached hydrogens (tertiary/aromatic N) is 1. The van der Waals surface area contributed by atoms with E-state index in [9.17, 15) is 4.79 Å². The lowest BCUT2D eigenvalue weighted by atomic mass is 10.2. The molecule has 1 amide bonds. The Morgan fingerprint density at radius 3 is 2.69 bits per heavy atom. The zero-order valence-corrected chi connectivity index (χ0v) is 9.77. The number of benzene rings is 1. The third-order valence-electron chi connectivity index (χ3n) is 2.26. The van der Waals surface area contributed by atoms with Crippen LogP contribution in [0.1, 0.15) is 12.0 Å². The van der Waals surface area contributed by atoms with Gasteiger partial charge in [0.2, 0.25) is 5.91 Å². The minimum absolute atomic E-state index is 0.0604. The molecule has 1 rings (SSSR count). The lowest BCUT2D eigenvalue weighted by Gasteiger charge is -2.12. The van der Waals surface area contributed by atoms with Crippen molar-refractivity contribution < 1.29 is 9.53 Å². The van der Waals surface area contributed by atoms with Crippen LogP contribution in [0.2, 0.25) is 0 Å². The van der Waals surface area contributed by atoms with Crippen molar-refractivity contribution in [3.63, 3.8) is 0 Å². The van der Waals surface area contributed by atoms with Crippen molar-refractivity contribution >= 4 is 5.91 Å². The van der Waals surface area contributed by atoms with Gasteiger partial charge in [-0.3, -0.25) is 4.79 Å². The molecule has 4 heteroatoms. The number of carbonyl (C=O) groups excluding carboxylic acids is 1. The van der Waals surface area contributed by atoms with Crippen LogP contribution in [0.15, 0.2) is 24.3 Å². The number of para-hydroxylation sites is 1. The van der Waals surface area contributed by atoms with Gasteiger partial charge in [-0.05, 0) is 6.07 Å². The van der Waals surface area contributed by atoms with Crippen molar-refractivity contribution in [3.8, 4) is 5.75 Å². The van der Waals surface area contributed by atoms with E-state index in [1.807, 2.05) is 24.3 Å². The molecule has 0 heterocycles. The summed E-state index contributed by atoms with van der Waals surface area (Å²) in [5.41, 5.74) is 6.53. The number of hydrogen-bond donors (Lipinski definition) is 1. The van der Waals surface area contributed by atoms with E-state index in [1.165, 1.54) is 0 Å². The zero-order valence-electron chi connectivity index (χ0n) is 9.77. The zero-order chi connectivity index (χ0) is 12.0. The maximum absolute atomic E-state index is 11.3. The molecule has 0 bridgehead atoms. The summed E-state index contributed by atoms with van der Waals surface area (Å²) in [7, 11) is 3.46. The monoisotopic (exact) mass is 222 g/mol. The number of carbonyl (C=O) groups is 1. The maximum Gasteiger partial charge on any atom is 0.225 e. The van der Waals surface area contributed by atoms with Crippen molar-refractivity contribution in [1.29, 1.82) is 0 Å². The number of ether oxygens (including phenoxy) is 1. The van der Waals surface area contributed by atoms with E-state index in [0.717, 1.165) is 11.3 Å². The fourth-order valence-corrected chi connectivity index (χ4v) is 1.29. The fraction of sp³-hybridized carbons (Fsp3) is 0.417. The highest BCUT2D eigenvalue weighted by Crippen LogP contribution is 2.17. The predicted octanol–water partition coefficient (Wildman–Crippen LogP) is 1.00. The highest BCUT2D eigenvalue weighted by molar-refractivity contribution is 5.75. The van der Waals surface area contributed by atoms with Gasteiger partial charge in [0.05, 0.1) is 13.0 Å². The van der Waals surface area contributed by atoms with E-state index < -0.39 is 0 Å². The van der Waals surface area contributed by atoms with Gasteiger partial charge in [0.15, 0.2) is 0 Å². The number of hydrogen-bond acceptors (Lipinski definition) is 3. The van der Waals surface area contributed by atoms with Gasteiger partial charge in [-0.1, -0.05) is 18.2 Å². The minimum atomic E-state index is 0.0604. The highest BCUT2D eigenvalue weighted by atomic mass is 16.5. The Balaban J connectivity index is 2.45. The second kappa shape index (κ2) is 6.12. The van der Waals surface area contributed by atoms with Gasteiger partial charge in [0.1, 0.15) is 5.75 Å². The molecule has 88 valence electrons. The molecule has 1 aromatic carbocycles. The van der Waals surface area contributed by atoms with Gasteiger partial charge in [-0.2, -0.15) is 0 Å². The Bertz CT molecular complexity index is 351. The summed E-state index contributed by atoms with van der Waals surface area (Å²) in [6, 6.07) is 7.59. The first-order valence-corrected chi connectivity index (χ1v) is 5.26. The van der Waals surface area contributed by atoms with E-state index in [4.69, 9.17) is 10.5 Å². The van der Waals surface area contributed by atoms with E-state index >= 15 is 0 Å². The molecule has 0 aliphatic carbocycles. The number of nitrogens with two attached hydrogens (primary N) is 1. The summed E-state index contributed by atoms with van der Waals surface area (Å²) in [5, 5.41) is 0. The Labute approximate surface area is 96.0 Å². The first kappa shape index (κ1) is 12.5. The lowest BCUT2D eigenvalue weighted by Crippen LogP contribution is -2.23. The average Bonchev–Trinajstić information content (AvgIpc) is 2.29. The SMILES string of the molecule is CN(C)C(=O)CCOc1ccccc1CN. The van der Waals surface area contributed by atoms with Crippen LogP contribution < -0.4 is 10.5 Å². The van der Waals surface area contributed by atoms with Crippen LogP contribution in [-0.4, -0.2) is 31.5 Å². The van der Waals surface area contributed by atoms with Crippen molar-refractivity contribution in [3.05, 3.63) is 29.8 Å². The summed E-state index contributed by atoms with van der Waals surface area (Å²) in [6.07, 6.45) is 0.381. The number of amides is 1. The second-order valence-electron chi connectivity index (χ2n) is 3.70. The average molecular weight is 222 g/mol. The molecule has 16 heavy (non-hydrogen) atoms. The molecule has 0 fully saturated rings. The van der Waals surface area contributed by atoms with Crippen LogP contribution in [0.4, 0.5) is 0 Å². The van der Waals surface area contributed by atoms with Crippen LogP contribution in [0.3, 0.4) is 0 Å². The fourth-order valence-electron chi connectivity index (χ4n) is 1.29. The molecule has 0 atom stereocenters. The van der Waals surface area contributed by atoms with E-state index in [-0.39, 0.29) is 5.91 Å². The summed E-state index contributed by atoms with van der Waals surface area (Å²) < 4.78 is 5.52. The van der Waals surface area contributed by atoms with Crippen LogP contribution in [0.5, 0.6) is 5.75 Å². The van der Waals surface area contributed by atoms with E-state index in [0.29, 0.717) is 19.6 Å². The molecule has 1 aromatic rings. The van der Waals surface area contributed by atoms with Crippen molar-refractivity contribution in [2.75, 3.05) is 20.7 Å². The normalized spacial score (nSPS) is 9.94.